The molecule has 0 aromatic heterocycles. The van der Waals surface area contributed by atoms with Crippen LogP contribution in [0.25, 0.3) is 0 Å². The molecule has 3 unspecified atom stereocenters. The second-order valence-electron chi connectivity index (χ2n) is 7.31. The summed E-state index contributed by atoms with van der Waals surface area (Å²) in [6.45, 7) is 5.12. The van der Waals surface area contributed by atoms with E-state index in [1.54, 1.807) is 0 Å². The number of nitrogens with one attached hydrogen (secondary N) is 1. The molecule has 3 atom stereocenters. The van der Waals surface area contributed by atoms with Gasteiger partial charge in [0.05, 0.1) is 18.3 Å². The number of allylic oxidation sites excluding steroid dienone is 2. The van der Waals surface area contributed by atoms with Crippen LogP contribution in [0.5, 0.6) is 5.75 Å². The fraction of sp³-hybridized carbons (Fsp3) is 0.364. The van der Waals surface area contributed by atoms with E-state index in [9.17, 15) is 0 Å². The minimum absolute atomic E-state index is 0.336. The third kappa shape index (κ3) is 2.71. The number of benzene rings is 2. The van der Waals surface area contributed by atoms with E-state index in [4.69, 9.17) is 4.74 Å². The summed E-state index contributed by atoms with van der Waals surface area (Å²) < 4.78 is 6.11. The van der Waals surface area contributed by atoms with E-state index in [2.05, 4.69) is 79.8 Å². The van der Waals surface area contributed by atoms with E-state index < -0.39 is 0 Å². The quantitative estimate of drug-likeness (QED) is 0.746. The van der Waals surface area contributed by atoms with E-state index in [1.165, 1.54) is 16.8 Å². The molecule has 1 aliphatic heterocycles. The van der Waals surface area contributed by atoms with Gasteiger partial charge in [0.2, 0.25) is 0 Å². The molecule has 0 fully saturated rings. The maximum atomic E-state index is 6.11. The summed E-state index contributed by atoms with van der Waals surface area (Å²) in [5.41, 5.74) is 3.92. The Morgan fingerprint density at radius 2 is 1.92 bits per heavy atom. The third-order valence-corrected chi connectivity index (χ3v) is 5.09. The average molecular weight is 319 g/mol. The maximum absolute atomic E-state index is 6.11. The molecule has 124 valence electrons. The molecule has 0 bridgehead atoms. The predicted octanol–water partition coefficient (Wildman–Crippen LogP) is 5.55. The van der Waals surface area contributed by atoms with Gasteiger partial charge in [0, 0.05) is 5.92 Å². The molecule has 2 aliphatic rings. The highest BCUT2D eigenvalue weighted by Crippen LogP contribution is 2.52. The summed E-state index contributed by atoms with van der Waals surface area (Å²) in [4.78, 5) is 0. The molecule has 4 rings (SSSR count). The summed E-state index contributed by atoms with van der Waals surface area (Å²) in [7, 11) is 0. The van der Waals surface area contributed by atoms with Gasteiger partial charge in [-0.1, -0.05) is 68.5 Å². The lowest BCUT2D eigenvalue weighted by Crippen LogP contribution is -2.29. The lowest BCUT2D eigenvalue weighted by atomic mass is 9.77. The Hall–Kier alpha value is -2.22. The van der Waals surface area contributed by atoms with Gasteiger partial charge >= 0.3 is 0 Å². The van der Waals surface area contributed by atoms with Crippen LogP contribution in [0, 0.1) is 11.8 Å². The van der Waals surface area contributed by atoms with Gasteiger partial charge in [-0.05, 0) is 35.4 Å². The SMILES string of the molecule is CC(C)COc1cccc2c1NC(c1ccccc1)C1CC=CC21. The summed E-state index contributed by atoms with van der Waals surface area (Å²) in [5.74, 6) is 2.57. The number of rotatable bonds is 4. The zero-order valence-electron chi connectivity index (χ0n) is 14.4. The molecule has 24 heavy (non-hydrogen) atoms. The molecule has 0 radical (unpaired) electrons. The Bertz CT molecular complexity index is 735. The Kier molecular flexibility index (Phi) is 4.05. The van der Waals surface area contributed by atoms with Crippen molar-refractivity contribution in [1.29, 1.82) is 0 Å². The van der Waals surface area contributed by atoms with Gasteiger partial charge < -0.3 is 10.1 Å². The number of hydrogen-bond donors (Lipinski definition) is 1. The van der Waals surface area contributed by atoms with Gasteiger partial charge in [0.1, 0.15) is 5.75 Å². The van der Waals surface area contributed by atoms with Crippen molar-refractivity contribution < 1.29 is 4.74 Å². The Balaban J connectivity index is 1.73. The zero-order chi connectivity index (χ0) is 16.5. The first-order chi connectivity index (χ1) is 11.7. The van der Waals surface area contributed by atoms with Crippen LogP contribution >= 0.6 is 0 Å². The fourth-order valence-corrected chi connectivity index (χ4v) is 3.96. The van der Waals surface area contributed by atoms with Crippen LogP contribution in [0.2, 0.25) is 0 Å². The summed E-state index contributed by atoms with van der Waals surface area (Å²) >= 11 is 0. The van der Waals surface area contributed by atoms with E-state index >= 15 is 0 Å². The van der Waals surface area contributed by atoms with Crippen molar-refractivity contribution in [2.75, 3.05) is 11.9 Å². The van der Waals surface area contributed by atoms with Gasteiger partial charge in [0.25, 0.3) is 0 Å². The van der Waals surface area contributed by atoms with Crippen LogP contribution in [-0.2, 0) is 0 Å². The van der Waals surface area contributed by atoms with Crippen LogP contribution in [0.4, 0.5) is 5.69 Å². The Morgan fingerprint density at radius 3 is 2.71 bits per heavy atom. The van der Waals surface area contributed by atoms with Crippen molar-refractivity contribution in [3.05, 3.63) is 71.8 Å². The molecule has 2 aromatic carbocycles. The standard InChI is InChI=1S/C22H25NO/c1-15(2)14-24-20-13-7-12-19-17-10-6-11-18(17)21(23-22(19)20)16-8-4-3-5-9-16/h3-10,12-13,15,17-18,21,23H,11,14H2,1-2H3. The lowest BCUT2D eigenvalue weighted by Gasteiger charge is -2.38. The number of anilines is 1. The van der Waals surface area contributed by atoms with Crippen molar-refractivity contribution in [3.8, 4) is 5.75 Å². The van der Waals surface area contributed by atoms with Gasteiger partial charge in [-0.15, -0.1) is 0 Å². The molecule has 0 saturated carbocycles. The van der Waals surface area contributed by atoms with Crippen LogP contribution in [0.3, 0.4) is 0 Å². The van der Waals surface area contributed by atoms with E-state index in [1.807, 2.05) is 0 Å². The molecule has 1 aliphatic carbocycles. The predicted molar refractivity (Wildman–Crippen MR) is 99.6 cm³/mol. The number of hydrogen-bond acceptors (Lipinski definition) is 2. The Labute approximate surface area is 144 Å². The van der Waals surface area contributed by atoms with E-state index in [-0.39, 0.29) is 0 Å². The summed E-state index contributed by atoms with van der Waals surface area (Å²) in [6.07, 6.45) is 5.85. The van der Waals surface area contributed by atoms with Crippen LogP contribution in [-0.4, -0.2) is 6.61 Å². The first-order valence-electron chi connectivity index (χ1n) is 8.98. The van der Waals surface area contributed by atoms with Crippen molar-refractivity contribution in [2.45, 2.75) is 32.2 Å². The van der Waals surface area contributed by atoms with Crippen molar-refractivity contribution in [1.82, 2.24) is 0 Å². The first-order valence-corrected chi connectivity index (χ1v) is 8.98. The molecule has 0 amide bonds. The van der Waals surface area contributed by atoms with Gasteiger partial charge in [-0.2, -0.15) is 0 Å². The summed E-state index contributed by atoms with van der Waals surface area (Å²) in [5, 5.41) is 3.81. The minimum Gasteiger partial charge on any atom is -0.491 e. The van der Waals surface area contributed by atoms with Crippen molar-refractivity contribution in [2.24, 2.45) is 11.8 Å². The molecule has 0 saturated heterocycles. The van der Waals surface area contributed by atoms with Gasteiger partial charge in [-0.3, -0.25) is 0 Å². The highest BCUT2D eigenvalue weighted by Gasteiger charge is 2.38. The third-order valence-electron chi connectivity index (χ3n) is 5.09. The monoisotopic (exact) mass is 319 g/mol. The van der Waals surface area contributed by atoms with Crippen LogP contribution in [0.15, 0.2) is 60.7 Å². The number of para-hydroxylation sites is 1. The molecule has 2 aromatic rings. The molecule has 2 heteroatoms. The van der Waals surface area contributed by atoms with E-state index in [0.717, 1.165) is 18.8 Å². The first kappa shape index (κ1) is 15.3. The van der Waals surface area contributed by atoms with Gasteiger partial charge in [-0.25, -0.2) is 0 Å². The highest BCUT2D eigenvalue weighted by molar-refractivity contribution is 5.67. The second-order valence-corrected chi connectivity index (χ2v) is 7.31. The number of ether oxygens (including phenoxy) is 1. The van der Waals surface area contributed by atoms with Crippen molar-refractivity contribution in [3.63, 3.8) is 0 Å². The maximum Gasteiger partial charge on any atom is 0.142 e. The molecule has 0 spiro atoms. The van der Waals surface area contributed by atoms with Crippen molar-refractivity contribution >= 4 is 5.69 Å². The molecule has 1 heterocycles. The largest absolute Gasteiger partial charge is 0.491 e. The highest BCUT2D eigenvalue weighted by atomic mass is 16.5. The topological polar surface area (TPSA) is 21.3 Å². The van der Waals surface area contributed by atoms with E-state index in [0.29, 0.717) is 23.8 Å². The average Bonchev–Trinajstić information content (AvgIpc) is 3.10. The van der Waals surface area contributed by atoms with Crippen LogP contribution in [0.1, 0.15) is 43.4 Å². The fourth-order valence-electron chi connectivity index (χ4n) is 3.96. The van der Waals surface area contributed by atoms with Gasteiger partial charge in [0.15, 0.2) is 0 Å². The Morgan fingerprint density at radius 1 is 1.08 bits per heavy atom. The summed E-state index contributed by atoms with van der Waals surface area (Å²) in [6, 6.07) is 17.6. The molecule has 1 N–H and O–H groups in total. The molecule has 2 nitrogen and oxygen atoms in total. The smallest absolute Gasteiger partial charge is 0.142 e. The lowest BCUT2D eigenvalue weighted by molar-refractivity contribution is 0.270. The second kappa shape index (κ2) is 6.35. The molecular weight excluding hydrogens is 294 g/mol. The normalized spacial score (nSPS) is 24.4. The minimum atomic E-state index is 0.336. The number of fused-ring (bicyclic) bond motifs is 3. The zero-order valence-corrected chi connectivity index (χ0v) is 14.4. The molecular formula is C22H25NO. The van der Waals surface area contributed by atoms with Crippen LogP contribution < -0.4 is 10.1 Å².